The lowest BCUT2D eigenvalue weighted by atomic mass is 9.81. The van der Waals surface area contributed by atoms with Gasteiger partial charge in [0.1, 0.15) is 47.4 Å². The van der Waals surface area contributed by atoms with Gasteiger partial charge in [0.2, 0.25) is 0 Å². The Hall–Kier alpha value is -2.49. The van der Waals surface area contributed by atoms with E-state index in [4.69, 9.17) is 9.26 Å². The van der Waals surface area contributed by atoms with Crippen LogP contribution in [0.1, 0.15) is 54.7 Å². The fraction of sp³-hybridized carbons (Fsp3) is 0.560. The fourth-order valence-electron chi connectivity index (χ4n) is 5.31. The Balaban J connectivity index is 1.46. The lowest BCUT2D eigenvalue weighted by molar-refractivity contribution is -0.179. The van der Waals surface area contributed by atoms with Gasteiger partial charge in [-0.3, -0.25) is 0 Å². The molecule has 3 heterocycles. The van der Waals surface area contributed by atoms with Crippen LogP contribution in [-0.2, 0) is 4.74 Å². The Bertz CT molecular complexity index is 1280. The molecule has 5 rings (SSSR count). The standard InChI is InChI=1S/C25H29F3N4O6S/c1-12-11-37-30-19(12)23(25(36)5-3-2-4-6-25)39-24-22(35)20(21(34)17(10-33)38-24)32-9-16(29-31-32)13-7-14(26)18(28)15(27)8-13/h7-9,11,17,20-24,33-36H,2-6,10H2,1H3/t17-,20+,21+,22-,23?,24+/m1/s1. The summed E-state index contributed by atoms with van der Waals surface area (Å²) in [4.78, 5) is 0. The molecule has 4 N–H and O–H groups in total. The van der Waals surface area contributed by atoms with Crippen LogP contribution in [0.15, 0.2) is 29.1 Å². The molecule has 1 aromatic carbocycles. The van der Waals surface area contributed by atoms with Crippen LogP contribution >= 0.6 is 11.8 Å². The van der Waals surface area contributed by atoms with Crippen molar-refractivity contribution in [2.45, 2.75) is 79.7 Å². The van der Waals surface area contributed by atoms with Crippen molar-refractivity contribution in [3.05, 3.63) is 53.3 Å². The zero-order valence-electron chi connectivity index (χ0n) is 21.0. The van der Waals surface area contributed by atoms with Crippen molar-refractivity contribution < 1.29 is 42.9 Å². The molecule has 10 nitrogen and oxygen atoms in total. The fourth-order valence-corrected chi connectivity index (χ4v) is 6.95. The monoisotopic (exact) mass is 570 g/mol. The molecule has 2 fully saturated rings. The van der Waals surface area contributed by atoms with Crippen LogP contribution in [0.3, 0.4) is 0 Å². The highest BCUT2D eigenvalue weighted by molar-refractivity contribution is 8.00. The third kappa shape index (κ3) is 5.33. The van der Waals surface area contributed by atoms with Crippen LogP contribution in [0.2, 0.25) is 0 Å². The molecule has 1 saturated heterocycles. The average molecular weight is 571 g/mol. The maximum atomic E-state index is 13.8. The minimum absolute atomic E-state index is 0.0314. The van der Waals surface area contributed by atoms with Crippen molar-refractivity contribution >= 4 is 11.8 Å². The summed E-state index contributed by atoms with van der Waals surface area (Å²) in [5, 5.41) is 55.2. The Labute approximate surface area is 225 Å². The number of aliphatic hydroxyl groups excluding tert-OH is 3. The van der Waals surface area contributed by atoms with Crippen LogP contribution in [0.5, 0.6) is 0 Å². The van der Waals surface area contributed by atoms with Crippen LogP contribution in [-0.4, -0.2) is 76.5 Å². The van der Waals surface area contributed by atoms with Gasteiger partial charge in [0, 0.05) is 11.1 Å². The van der Waals surface area contributed by atoms with Gasteiger partial charge >= 0.3 is 0 Å². The van der Waals surface area contributed by atoms with E-state index in [1.807, 2.05) is 0 Å². The minimum Gasteiger partial charge on any atom is -0.394 e. The highest BCUT2D eigenvalue weighted by Gasteiger charge is 2.50. The Morgan fingerprint density at radius 2 is 1.82 bits per heavy atom. The quantitative estimate of drug-likeness (QED) is 0.313. The number of rotatable bonds is 7. The number of aryl methyl sites for hydroxylation is 1. The zero-order valence-corrected chi connectivity index (χ0v) is 21.8. The van der Waals surface area contributed by atoms with Crippen molar-refractivity contribution in [3.63, 3.8) is 0 Å². The zero-order chi connectivity index (χ0) is 27.9. The molecule has 2 aliphatic rings. The summed E-state index contributed by atoms with van der Waals surface area (Å²) >= 11 is 1.11. The van der Waals surface area contributed by atoms with E-state index >= 15 is 0 Å². The van der Waals surface area contributed by atoms with Gasteiger partial charge in [-0.05, 0) is 31.9 Å². The van der Waals surface area contributed by atoms with Crippen LogP contribution in [0, 0.1) is 24.4 Å². The molecule has 212 valence electrons. The number of hydrogen-bond donors (Lipinski definition) is 4. The normalized spacial score (nSPS) is 27.9. The topological polar surface area (TPSA) is 147 Å². The number of thioether (sulfide) groups is 1. The smallest absolute Gasteiger partial charge is 0.194 e. The Morgan fingerprint density at radius 3 is 2.44 bits per heavy atom. The number of aliphatic hydroxyl groups is 4. The lowest BCUT2D eigenvalue weighted by Crippen LogP contribution is -2.55. The van der Waals surface area contributed by atoms with Gasteiger partial charge in [-0.15, -0.1) is 16.9 Å². The maximum Gasteiger partial charge on any atom is 0.194 e. The first kappa shape index (κ1) is 28.1. The second-order valence-corrected chi connectivity index (χ2v) is 11.3. The van der Waals surface area contributed by atoms with E-state index in [-0.39, 0.29) is 11.3 Å². The third-order valence-corrected chi connectivity index (χ3v) is 9.05. The summed E-state index contributed by atoms with van der Waals surface area (Å²) in [7, 11) is 0. The number of benzene rings is 1. The highest BCUT2D eigenvalue weighted by atomic mass is 32.2. The van der Waals surface area contributed by atoms with E-state index in [9.17, 15) is 33.6 Å². The van der Waals surface area contributed by atoms with Gasteiger partial charge < -0.3 is 29.7 Å². The average Bonchev–Trinajstić information content (AvgIpc) is 3.56. The van der Waals surface area contributed by atoms with Gasteiger partial charge in [-0.1, -0.05) is 29.6 Å². The number of nitrogens with zero attached hydrogens (tertiary/aromatic N) is 4. The summed E-state index contributed by atoms with van der Waals surface area (Å²) < 4.78 is 53.1. The van der Waals surface area contributed by atoms with Gasteiger partial charge in [0.05, 0.1) is 23.7 Å². The van der Waals surface area contributed by atoms with Gasteiger partial charge in [-0.25, -0.2) is 17.9 Å². The number of hydrogen-bond acceptors (Lipinski definition) is 10. The molecule has 1 aliphatic carbocycles. The second kappa shape index (κ2) is 11.2. The largest absolute Gasteiger partial charge is 0.394 e. The van der Waals surface area contributed by atoms with E-state index in [0.717, 1.165) is 47.8 Å². The molecular weight excluding hydrogens is 541 g/mol. The molecule has 0 bridgehead atoms. The van der Waals surface area contributed by atoms with Crippen LogP contribution < -0.4 is 0 Å². The van der Waals surface area contributed by atoms with Crippen molar-refractivity contribution in [2.75, 3.05) is 6.61 Å². The maximum absolute atomic E-state index is 13.8. The first-order valence-electron chi connectivity index (χ1n) is 12.6. The van der Waals surface area contributed by atoms with Crippen LogP contribution in [0.4, 0.5) is 13.2 Å². The van der Waals surface area contributed by atoms with Crippen molar-refractivity contribution in [2.24, 2.45) is 0 Å². The molecule has 6 atom stereocenters. The molecule has 1 aliphatic heterocycles. The van der Waals surface area contributed by atoms with E-state index in [1.54, 1.807) is 6.92 Å². The summed E-state index contributed by atoms with van der Waals surface area (Å²) in [6, 6.07) is 0.327. The molecular formula is C25H29F3N4O6S. The predicted octanol–water partition coefficient (Wildman–Crippen LogP) is 2.81. The van der Waals surface area contributed by atoms with Crippen molar-refractivity contribution in [1.82, 2.24) is 20.2 Å². The van der Waals surface area contributed by atoms with Gasteiger partial charge in [-0.2, -0.15) is 0 Å². The third-order valence-electron chi connectivity index (χ3n) is 7.45. The number of halogens is 3. The molecule has 1 unspecified atom stereocenters. The van der Waals surface area contributed by atoms with E-state index < -0.39 is 64.7 Å². The van der Waals surface area contributed by atoms with Crippen molar-refractivity contribution in [1.29, 1.82) is 0 Å². The second-order valence-electron chi connectivity index (χ2n) is 10.1. The number of ether oxygens (including phenoxy) is 1. The SMILES string of the molecule is Cc1conc1C(S[C@@H]1O[C@H](CO)[C@H](O)[C@H](n2cc(-c3cc(F)c(F)c(F)c3)nn2)[C@H]1O)C1(O)CCCCC1. The highest BCUT2D eigenvalue weighted by Crippen LogP contribution is 2.50. The first-order chi connectivity index (χ1) is 18.6. The molecule has 0 amide bonds. The molecule has 39 heavy (non-hydrogen) atoms. The summed E-state index contributed by atoms with van der Waals surface area (Å²) in [5.41, 5.74) is -1.13. The van der Waals surface area contributed by atoms with E-state index in [1.165, 1.54) is 12.5 Å². The van der Waals surface area contributed by atoms with E-state index in [0.29, 0.717) is 24.1 Å². The molecule has 3 aromatic rings. The summed E-state index contributed by atoms with van der Waals surface area (Å²) in [6.07, 6.45) is 2.33. The Morgan fingerprint density at radius 1 is 1.13 bits per heavy atom. The van der Waals surface area contributed by atoms with Gasteiger partial charge in [0.15, 0.2) is 17.5 Å². The van der Waals surface area contributed by atoms with Crippen LogP contribution in [0.25, 0.3) is 11.3 Å². The molecule has 14 heteroatoms. The lowest BCUT2D eigenvalue weighted by Gasteiger charge is -2.45. The van der Waals surface area contributed by atoms with Gasteiger partial charge in [0.25, 0.3) is 0 Å². The van der Waals surface area contributed by atoms with E-state index in [2.05, 4.69) is 15.5 Å². The molecule has 1 saturated carbocycles. The Kier molecular flexibility index (Phi) is 8.04. The van der Waals surface area contributed by atoms with Crippen molar-refractivity contribution in [3.8, 4) is 11.3 Å². The molecule has 2 aromatic heterocycles. The summed E-state index contributed by atoms with van der Waals surface area (Å²) in [5.74, 6) is -4.43. The molecule has 0 radical (unpaired) electrons. The number of aromatic nitrogens is 4. The predicted molar refractivity (Wildman–Crippen MR) is 132 cm³/mol. The first-order valence-corrected chi connectivity index (χ1v) is 13.5. The molecule has 0 spiro atoms. The summed E-state index contributed by atoms with van der Waals surface area (Å²) in [6.45, 7) is 1.21. The minimum atomic E-state index is -1.62.